The van der Waals surface area contributed by atoms with Crippen molar-refractivity contribution in [2.75, 3.05) is 6.61 Å². The highest BCUT2D eigenvalue weighted by Gasteiger charge is 2.22. The maximum Gasteiger partial charge on any atom is 0.361 e. The van der Waals surface area contributed by atoms with Gasteiger partial charge in [0.05, 0.1) is 11.1 Å². The summed E-state index contributed by atoms with van der Waals surface area (Å²) in [6.07, 6.45) is 0. The highest BCUT2D eigenvalue weighted by Crippen LogP contribution is 2.33. The van der Waals surface area contributed by atoms with Crippen LogP contribution in [-0.2, 0) is 4.74 Å². The minimum Gasteiger partial charge on any atom is -0.507 e. The number of ether oxygens (including phenoxy) is 1. The third-order valence-electron chi connectivity index (χ3n) is 2.31. The number of phenols is 1. The van der Waals surface area contributed by atoms with E-state index in [-0.39, 0.29) is 33.8 Å². The van der Waals surface area contributed by atoms with Crippen molar-refractivity contribution in [3.63, 3.8) is 0 Å². The molecule has 0 spiro atoms. The van der Waals surface area contributed by atoms with E-state index in [0.717, 1.165) is 6.07 Å². The molecule has 0 atom stereocenters. The zero-order valence-corrected chi connectivity index (χ0v) is 11.4. The normalized spacial score (nSPS) is 10.5. The average molecular weight is 330 g/mol. The van der Waals surface area contributed by atoms with Crippen LogP contribution < -0.4 is 0 Å². The van der Waals surface area contributed by atoms with Crippen LogP contribution in [0, 0.1) is 5.82 Å². The lowest BCUT2D eigenvalue weighted by molar-refractivity contribution is 0.0520. The molecule has 2 rings (SSSR count). The molecule has 1 heterocycles. The van der Waals surface area contributed by atoms with Gasteiger partial charge in [-0.25, -0.2) is 9.18 Å². The molecular weight excluding hydrogens is 321 g/mol. The number of aromatic nitrogens is 3. The number of aromatic amines is 1. The molecule has 0 saturated carbocycles. The Kier molecular flexibility index (Phi) is 3.79. The van der Waals surface area contributed by atoms with Crippen molar-refractivity contribution in [2.45, 2.75) is 6.92 Å². The quantitative estimate of drug-likeness (QED) is 0.843. The van der Waals surface area contributed by atoms with Gasteiger partial charge in [0.1, 0.15) is 17.3 Å². The maximum atomic E-state index is 13.5. The van der Waals surface area contributed by atoms with Gasteiger partial charge in [0, 0.05) is 5.56 Å². The first-order valence-corrected chi connectivity index (χ1v) is 6.10. The fraction of sp³-hybridized carbons (Fsp3) is 0.182. The number of halogens is 2. The van der Waals surface area contributed by atoms with Crippen LogP contribution in [-0.4, -0.2) is 33.1 Å². The van der Waals surface area contributed by atoms with Crippen LogP contribution in [0.15, 0.2) is 16.6 Å². The van der Waals surface area contributed by atoms with Gasteiger partial charge in [-0.1, -0.05) is 0 Å². The first-order chi connectivity index (χ1) is 9.04. The van der Waals surface area contributed by atoms with Crippen LogP contribution in [0.1, 0.15) is 17.4 Å². The number of hydrogen-bond acceptors (Lipinski definition) is 5. The standard InChI is InChI=1S/C11H9BrFN3O3/c1-2-19-11(18)10-9(14-16-15-10)5-3-7(13)6(12)4-8(5)17/h3-4,17H,2H2,1H3,(H,14,15,16). The molecule has 0 bridgehead atoms. The van der Waals surface area contributed by atoms with Crippen LogP contribution in [0.25, 0.3) is 11.3 Å². The zero-order valence-electron chi connectivity index (χ0n) is 9.78. The number of H-pyrrole nitrogens is 1. The number of carbonyl (C=O) groups is 1. The fourth-order valence-electron chi connectivity index (χ4n) is 1.49. The second-order valence-corrected chi connectivity index (χ2v) is 4.38. The minimum atomic E-state index is -0.700. The van der Waals surface area contributed by atoms with Gasteiger partial charge in [0.15, 0.2) is 5.69 Å². The molecule has 2 N–H and O–H groups in total. The molecule has 8 heteroatoms. The molecule has 0 amide bonds. The number of hydrogen-bond donors (Lipinski definition) is 2. The Bertz CT molecular complexity index is 630. The Morgan fingerprint density at radius 1 is 1.53 bits per heavy atom. The van der Waals surface area contributed by atoms with Crippen molar-refractivity contribution in [2.24, 2.45) is 0 Å². The molecule has 1 aromatic carbocycles. The van der Waals surface area contributed by atoms with E-state index in [4.69, 9.17) is 4.74 Å². The Morgan fingerprint density at radius 3 is 2.95 bits per heavy atom. The van der Waals surface area contributed by atoms with Crippen LogP contribution in [0.3, 0.4) is 0 Å². The van der Waals surface area contributed by atoms with E-state index < -0.39 is 11.8 Å². The summed E-state index contributed by atoms with van der Waals surface area (Å²) < 4.78 is 18.4. The summed E-state index contributed by atoms with van der Waals surface area (Å²) in [4.78, 5) is 11.6. The number of carbonyl (C=O) groups excluding carboxylic acids is 1. The maximum absolute atomic E-state index is 13.5. The van der Waals surface area contributed by atoms with E-state index in [0.29, 0.717) is 0 Å². The molecular formula is C11H9BrFN3O3. The fourth-order valence-corrected chi connectivity index (χ4v) is 1.82. The zero-order chi connectivity index (χ0) is 14.0. The van der Waals surface area contributed by atoms with Crippen molar-refractivity contribution in [3.8, 4) is 17.0 Å². The molecule has 0 aliphatic rings. The Balaban J connectivity index is 2.51. The van der Waals surface area contributed by atoms with E-state index in [1.54, 1.807) is 6.92 Å². The largest absolute Gasteiger partial charge is 0.507 e. The molecule has 0 aliphatic carbocycles. The highest BCUT2D eigenvalue weighted by atomic mass is 79.9. The van der Waals surface area contributed by atoms with Crippen LogP contribution in [0.5, 0.6) is 5.75 Å². The number of benzene rings is 1. The van der Waals surface area contributed by atoms with Crippen molar-refractivity contribution >= 4 is 21.9 Å². The van der Waals surface area contributed by atoms with E-state index >= 15 is 0 Å². The predicted molar refractivity (Wildman–Crippen MR) is 67.1 cm³/mol. The predicted octanol–water partition coefficient (Wildman–Crippen LogP) is 2.26. The third kappa shape index (κ3) is 2.58. The van der Waals surface area contributed by atoms with Crippen molar-refractivity contribution in [3.05, 3.63) is 28.1 Å². The Hall–Kier alpha value is -1.96. The topological polar surface area (TPSA) is 88.1 Å². The molecule has 100 valence electrons. The summed E-state index contributed by atoms with van der Waals surface area (Å²) in [5.74, 6) is -1.52. The van der Waals surface area contributed by atoms with Gasteiger partial charge in [0.25, 0.3) is 0 Å². The van der Waals surface area contributed by atoms with Gasteiger partial charge in [-0.2, -0.15) is 10.3 Å². The number of esters is 1. The lowest BCUT2D eigenvalue weighted by Crippen LogP contribution is -2.06. The molecule has 19 heavy (non-hydrogen) atoms. The number of nitrogens with one attached hydrogen (secondary N) is 1. The summed E-state index contributed by atoms with van der Waals surface area (Å²) in [6, 6.07) is 2.23. The molecule has 2 aromatic rings. The Labute approximate surface area is 115 Å². The molecule has 6 nitrogen and oxygen atoms in total. The molecule has 1 aromatic heterocycles. The number of rotatable bonds is 3. The second-order valence-electron chi connectivity index (χ2n) is 3.52. The van der Waals surface area contributed by atoms with Gasteiger partial charge in [0.2, 0.25) is 0 Å². The van der Waals surface area contributed by atoms with Crippen molar-refractivity contribution in [1.82, 2.24) is 15.4 Å². The van der Waals surface area contributed by atoms with E-state index in [1.165, 1.54) is 6.07 Å². The van der Waals surface area contributed by atoms with Gasteiger partial charge < -0.3 is 9.84 Å². The number of phenolic OH excluding ortho intramolecular Hbond substituents is 1. The summed E-state index contributed by atoms with van der Waals surface area (Å²) in [5, 5.41) is 19.4. The first kappa shape index (κ1) is 13.5. The summed E-state index contributed by atoms with van der Waals surface area (Å²) >= 11 is 2.95. The average Bonchev–Trinajstić information content (AvgIpc) is 2.83. The highest BCUT2D eigenvalue weighted by molar-refractivity contribution is 9.10. The van der Waals surface area contributed by atoms with Gasteiger partial charge >= 0.3 is 5.97 Å². The van der Waals surface area contributed by atoms with Crippen LogP contribution in [0.4, 0.5) is 4.39 Å². The second kappa shape index (κ2) is 5.35. The summed E-state index contributed by atoms with van der Waals surface area (Å²) in [7, 11) is 0. The van der Waals surface area contributed by atoms with Crippen LogP contribution in [0.2, 0.25) is 0 Å². The molecule has 0 fully saturated rings. The number of nitrogens with zero attached hydrogens (tertiary/aromatic N) is 2. The molecule has 0 radical (unpaired) electrons. The van der Waals surface area contributed by atoms with E-state index in [9.17, 15) is 14.3 Å². The molecule has 0 unspecified atom stereocenters. The van der Waals surface area contributed by atoms with Gasteiger partial charge in [-0.15, -0.1) is 5.10 Å². The lowest BCUT2D eigenvalue weighted by atomic mass is 10.1. The molecule has 0 aliphatic heterocycles. The van der Waals surface area contributed by atoms with Gasteiger partial charge in [-0.3, -0.25) is 0 Å². The van der Waals surface area contributed by atoms with E-state index in [1.807, 2.05) is 0 Å². The smallest absolute Gasteiger partial charge is 0.361 e. The van der Waals surface area contributed by atoms with Crippen molar-refractivity contribution in [1.29, 1.82) is 0 Å². The SMILES string of the molecule is CCOC(=O)c1n[nH]nc1-c1cc(F)c(Br)cc1O. The minimum absolute atomic E-state index is 0.0300. The molecule has 0 saturated heterocycles. The Morgan fingerprint density at radius 2 is 2.26 bits per heavy atom. The summed E-state index contributed by atoms with van der Waals surface area (Å²) in [6.45, 7) is 1.82. The lowest BCUT2D eigenvalue weighted by Gasteiger charge is -2.05. The van der Waals surface area contributed by atoms with E-state index in [2.05, 4.69) is 31.3 Å². The monoisotopic (exact) mass is 329 g/mol. The summed E-state index contributed by atoms with van der Waals surface area (Å²) in [5.41, 5.74) is -0.0290. The number of aromatic hydroxyl groups is 1. The van der Waals surface area contributed by atoms with Gasteiger partial charge in [-0.05, 0) is 35.0 Å². The first-order valence-electron chi connectivity index (χ1n) is 5.30. The van der Waals surface area contributed by atoms with Crippen LogP contribution >= 0.6 is 15.9 Å². The van der Waals surface area contributed by atoms with Crippen molar-refractivity contribution < 1.29 is 19.0 Å². The third-order valence-corrected chi connectivity index (χ3v) is 2.92.